The number of hydrogen-bond acceptors (Lipinski definition) is 9. The summed E-state index contributed by atoms with van der Waals surface area (Å²) in [6.45, 7) is 11.0. The summed E-state index contributed by atoms with van der Waals surface area (Å²) >= 11 is 0. The Morgan fingerprint density at radius 2 is 1.76 bits per heavy atom. The zero-order chi connectivity index (χ0) is 26.8. The van der Waals surface area contributed by atoms with Crippen LogP contribution in [0.15, 0.2) is 23.0 Å². The molecule has 3 saturated heterocycles. The molecule has 3 aliphatic heterocycles. The molecule has 6 rings (SSSR count). The Labute approximate surface area is 215 Å². The fourth-order valence-corrected chi connectivity index (χ4v) is 9.24. The summed E-state index contributed by atoms with van der Waals surface area (Å²) in [5.74, 6) is -2.18. The molecular weight excluding hydrogens is 480 g/mol. The van der Waals surface area contributed by atoms with Gasteiger partial charge in [0.1, 0.15) is 29.2 Å². The molecule has 9 atom stereocenters. The van der Waals surface area contributed by atoms with Gasteiger partial charge < -0.3 is 23.4 Å². The topological polar surface area (TPSA) is 122 Å². The number of ketones is 1. The van der Waals surface area contributed by atoms with Crippen molar-refractivity contribution < 1.29 is 42.5 Å². The zero-order valence-electron chi connectivity index (χ0n) is 22.1. The van der Waals surface area contributed by atoms with E-state index in [-0.39, 0.29) is 30.5 Å². The minimum atomic E-state index is -1.09. The highest BCUT2D eigenvalue weighted by Crippen LogP contribution is 2.78. The highest BCUT2D eigenvalue weighted by atomic mass is 16.7. The number of carbonyl (C=O) groups excluding carboxylic acids is 4. The van der Waals surface area contributed by atoms with E-state index in [1.165, 1.54) is 13.2 Å². The predicted octanol–water partition coefficient (Wildman–Crippen LogP) is 3.69. The van der Waals surface area contributed by atoms with Gasteiger partial charge in [-0.15, -0.1) is 0 Å². The standard InChI is InChI=1S/C28H34O9/c1-14(29)34-19-12-20(31)36-24(2,3)17-11-18(30)27(6)16(26(17,19)5)7-9-25(4)21(15-8-10-33-13-15)35-23(32)22-28(25,27)37-22/h8,10,13,16-17,19,21-22H,7,9,11-12H2,1-6H3/t16-,17+,19-,21+,22-,25+,26-,27+,28-/m1/s1. The van der Waals surface area contributed by atoms with E-state index in [1.54, 1.807) is 12.3 Å². The molecule has 0 unspecified atom stereocenters. The van der Waals surface area contributed by atoms with Crippen LogP contribution in [0.3, 0.4) is 0 Å². The number of Topliss-reactive ketones (excluding diaryl/α,β-unsaturated/α-hetero) is 1. The molecule has 5 fully saturated rings. The second-order valence-corrected chi connectivity index (χ2v) is 12.7. The molecule has 37 heavy (non-hydrogen) atoms. The summed E-state index contributed by atoms with van der Waals surface area (Å²) < 4.78 is 29.3. The molecule has 5 aliphatic rings. The quantitative estimate of drug-likeness (QED) is 0.330. The van der Waals surface area contributed by atoms with Crippen LogP contribution in [0.1, 0.15) is 78.9 Å². The fraction of sp³-hybridized carbons (Fsp3) is 0.714. The lowest BCUT2D eigenvalue weighted by Crippen LogP contribution is -2.72. The number of carbonyl (C=O) groups is 4. The third kappa shape index (κ3) is 2.79. The van der Waals surface area contributed by atoms with E-state index in [0.29, 0.717) is 12.8 Å². The maximum absolute atomic E-state index is 14.4. The number of fused-ring (bicyclic) bond motifs is 3. The van der Waals surface area contributed by atoms with Gasteiger partial charge in [0.25, 0.3) is 0 Å². The first-order valence-electron chi connectivity index (χ1n) is 13.1. The van der Waals surface area contributed by atoms with Crippen molar-refractivity contribution in [3.8, 4) is 0 Å². The van der Waals surface area contributed by atoms with E-state index in [1.807, 2.05) is 34.6 Å². The number of rotatable bonds is 2. The van der Waals surface area contributed by atoms with Crippen LogP contribution in [-0.4, -0.2) is 47.1 Å². The van der Waals surface area contributed by atoms with E-state index in [2.05, 4.69) is 0 Å². The average molecular weight is 515 g/mol. The van der Waals surface area contributed by atoms with E-state index >= 15 is 0 Å². The number of ether oxygens (including phenoxy) is 4. The largest absolute Gasteiger partial charge is 0.472 e. The fourth-order valence-electron chi connectivity index (χ4n) is 9.24. The molecule has 4 heterocycles. The first-order valence-corrected chi connectivity index (χ1v) is 13.1. The van der Waals surface area contributed by atoms with Gasteiger partial charge in [-0.1, -0.05) is 13.8 Å². The maximum Gasteiger partial charge on any atom is 0.339 e. The third-order valence-corrected chi connectivity index (χ3v) is 10.8. The molecule has 1 aromatic heterocycles. The van der Waals surface area contributed by atoms with Gasteiger partial charge in [0.05, 0.1) is 24.4 Å². The van der Waals surface area contributed by atoms with Crippen molar-refractivity contribution in [2.75, 3.05) is 0 Å². The van der Waals surface area contributed by atoms with Gasteiger partial charge in [-0.2, -0.15) is 0 Å². The van der Waals surface area contributed by atoms with Gasteiger partial charge in [-0.05, 0) is 45.6 Å². The molecule has 0 radical (unpaired) electrons. The Morgan fingerprint density at radius 3 is 2.41 bits per heavy atom. The summed E-state index contributed by atoms with van der Waals surface area (Å²) in [7, 11) is 0. The van der Waals surface area contributed by atoms with Crippen LogP contribution in [0.5, 0.6) is 0 Å². The van der Waals surface area contributed by atoms with E-state index in [0.717, 1.165) is 5.56 Å². The maximum atomic E-state index is 14.4. The van der Waals surface area contributed by atoms with Gasteiger partial charge >= 0.3 is 17.9 Å². The number of epoxide rings is 1. The number of esters is 3. The monoisotopic (exact) mass is 514 g/mol. The lowest BCUT2D eigenvalue weighted by atomic mass is 9.37. The van der Waals surface area contributed by atoms with Crippen LogP contribution >= 0.6 is 0 Å². The summed E-state index contributed by atoms with van der Waals surface area (Å²) in [5, 5.41) is 0. The highest BCUT2D eigenvalue weighted by molar-refractivity contribution is 5.93. The molecule has 9 nitrogen and oxygen atoms in total. The zero-order valence-corrected chi connectivity index (χ0v) is 22.1. The van der Waals surface area contributed by atoms with Crippen LogP contribution in [0.2, 0.25) is 0 Å². The molecule has 200 valence electrons. The van der Waals surface area contributed by atoms with Crippen molar-refractivity contribution in [3.63, 3.8) is 0 Å². The molecule has 0 N–H and O–H groups in total. The molecule has 2 saturated carbocycles. The summed E-state index contributed by atoms with van der Waals surface area (Å²) in [5.41, 5.74) is -3.88. The second kappa shape index (κ2) is 7.24. The molecule has 0 bridgehead atoms. The highest BCUT2D eigenvalue weighted by Gasteiger charge is 2.88. The minimum Gasteiger partial charge on any atom is -0.472 e. The molecule has 0 amide bonds. The molecule has 0 aromatic carbocycles. The molecule has 2 aliphatic carbocycles. The first-order chi connectivity index (χ1) is 17.2. The average Bonchev–Trinajstić information content (AvgIpc) is 3.38. The summed E-state index contributed by atoms with van der Waals surface area (Å²) in [6.07, 6.45) is 2.06. The normalized spacial score (nSPS) is 47.7. The minimum absolute atomic E-state index is 0.0263. The smallest absolute Gasteiger partial charge is 0.339 e. The Hall–Kier alpha value is -2.68. The number of furan rings is 1. The van der Waals surface area contributed by atoms with Crippen molar-refractivity contribution >= 4 is 23.7 Å². The van der Waals surface area contributed by atoms with Gasteiger partial charge in [0.15, 0.2) is 6.10 Å². The molecule has 1 aromatic rings. The van der Waals surface area contributed by atoms with E-state index in [4.69, 9.17) is 23.4 Å². The van der Waals surface area contributed by atoms with Crippen molar-refractivity contribution in [3.05, 3.63) is 24.2 Å². The van der Waals surface area contributed by atoms with Crippen LogP contribution in [-0.2, 0) is 38.1 Å². The van der Waals surface area contributed by atoms with E-state index < -0.39 is 63.7 Å². The lowest BCUT2D eigenvalue weighted by Gasteiger charge is -2.66. The Kier molecular flexibility index (Phi) is 4.82. The number of cyclic esters (lactones) is 2. The van der Waals surface area contributed by atoms with Gasteiger partial charge in [-0.3, -0.25) is 14.4 Å². The Morgan fingerprint density at radius 1 is 1.03 bits per heavy atom. The Balaban J connectivity index is 1.54. The molecular formula is C28H34O9. The number of hydrogen-bond donors (Lipinski definition) is 0. The van der Waals surface area contributed by atoms with Gasteiger partial charge in [-0.25, -0.2) is 4.79 Å². The van der Waals surface area contributed by atoms with Crippen molar-refractivity contribution in [1.29, 1.82) is 0 Å². The van der Waals surface area contributed by atoms with Crippen molar-refractivity contribution in [1.82, 2.24) is 0 Å². The SMILES string of the molecule is CC(=O)O[C@@H]1CC(=O)OC(C)(C)[C@@H]2CC(=O)[C@]3(C)[C@H](CC[C@@]4(C)[C@H](c5ccoc5)OC(=O)[C@H]5O[C@]543)[C@@]12C. The second-order valence-electron chi connectivity index (χ2n) is 12.7. The molecule has 1 spiro atoms. The third-order valence-electron chi connectivity index (χ3n) is 10.8. The van der Waals surface area contributed by atoms with E-state index in [9.17, 15) is 19.2 Å². The van der Waals surface area contributed by atoms with Crippen molar-refractivity contribution in [2.45, 2.75) is 96.7 Å². The predicted molar refractivity (Wildman–Crippen MR) is 126 cm³/mol. The van der Waals surface area contributed by atoms with Crippen LogP contribution in [0.4, 0.5) is 0 Å². The summed E-state index contributed by atoms with van der Waals surface area (Å²) in [4.78, 5) is 52.7. The lowest BCUT2D eigenvalue weighted by molar-refractivity contribution is -0.234. The van der Waals surface area contributed by atoms with Crippen LogP contribution in [0, 0.1) is 28.1 Å². The van der Waals surface area contributed by atoms with Crippen LogP contribution in [0.25, 0.3) is 0 Å². The Bertz CT molecular complexity index is 1200. The van der Waals surface area contributed by atoms with Crippen molar-refractivity contribution in [2.24, 2.45) is 28.1 Å². The van der Waals surface area contributed by atoms with Crippen LogP contribution < -0.4 is 0 Å². The molecule has 9 heteroatoms. The first kappa shape index (κ1) is 24.6. The summed E-state index contributed by atoms with van der Waals surface area (Å²) in [6, 6.07) is 1.78. The van der Waals surface area contributed by atoms with Gasteiger partial charge in [0.2, 0.25) is 0 Å². The van der Waals surface area contributed by atoms with Gasteiger partial charge in [0, 0.05) is 35.7 Å².